The lowest BCUT2D eigenvalue weighted by Crippen LogP contribution is -2.38. The van der Waals surface area contributed by atoms with Crippen LogP contribution in [0.4, 0.5) is 5.69 Å². The maximum atomic E-state index is 12.8. The maximum absolute atomic E-state index is 12.8. The van der Waals surface area contributed by atoms with Crippen LogP contribution in [-0.4, -0.2) is 44.3 Å². The second-order valence-corrected chi connectivity index (χ2v) is 7.98. The summed E-state index contributed by atoms with van der Waals surface area (Å²) in [4.78, 5) is 47.7. The first-order chi connectivity index (χ1) is 15.4. The largest absolute Gasteiger partial charge is 0.339 e. The molecule has 3 heterocycles. The molecule has 0 bridgehead atoms. The number of aryl methyl sites for hydroxylation is 2. The van der Waals surface area contributed by atoms with Gasteiger partial charge in [-0.2, -0.15) is 0 Å². The van der Waals surface area contributed by atoms with Crippen LogP contribution in [0.25, 0.3) is 0 Å². The first-order valence-corrected chi connectivity index (χ1v) is 10.6. The number of benzene rings is 1. The molecule has 0 spiro atoms. The quantitative estimate of drug-likeness (QED) is 0.685. The molecule has 3 aromatic rings. The molecule has 0 atom stereocenters. The highest BCUT2D eigenvalue weighted by molar-refractivity contribution is 6.04. The summed E-state index contributed by atoms with van der Waals surface area (Å²) >= 11 is 0. The smallest absolute Gasteiger partial charge is 0.259 e. The highest BCUT2D eigenvalue weighted by atomic mass is 16.2. The Labute approximate surface area is 185 Å². The summed E-state index contributed by atoms with van der Waals surface area (Å²) < 4.78 is 1.41. The van der Waals surface area contributed by atoms with E-state index in [0.717, 1.165) is 18.5 Å². The van der Waals surface area contributed by atoms with Gasteiger partial charge < -0.3 is 14.8 Å². The minimum atomic E-state index is -0.238. The Balaban J connectivity index is 1.39. The summed E-state index contributed by atoms with van der Waals surface area (Å²) in [6.45, 7) is 2.99. The number of rotatable bonds is 4. The Morgan fingerprint density at radius 3 is 2.44 bits per heavy atom. The number of amides is 2. The van der Waals surface area contributed by atoms with Crippen molar-refractivity contribution < 1.29 is 9.59 Å². The van der Waals surface area contributed by atoms with Crippen LogP contribution in [0.2, 0.25) is 0 Å². The molecule has 0 unspecified atom stereocenters. The summed E-state index contributed by atoms with van der Waals surface area (Å²) in [6.07, 6.45) is 4.64. The van der Waals surface area contributed by atoms with E-state index in [9.17, 15) is 14.4 Å². The molecule has 1 aromatic carbocycles. The van der Waals surface area contributed by atoms with E-state index < -0.39 is 0 Å². The van der Waals surface area contributed by atoms with Gasteiger partial charge in [-0.25, -0.2) is 9.97 Å². The van der Waals surface area contributed by atoms with E-state index in [1.54, 1.807) is 30.4 Å². The Morgan fingerprint density at radius 1 is 1.06 bits per heavy atom. The minimum Gasteiger partial charge on any atom is -0.339 e. The SMILES string of the molecule is Cc1nc(C2CCN(C(=O)c3ccc(=O)n(C)c3)CC2)ncc1C(=O)Nc1ccccc1. The topological polar surface area (TPSA) is 97.2 Å². The number of hydrogen-bond donors (Lipinski definition) is 1. The van der Waals surface area contributed by atoms with Gasteiger partial charge >= 0.3 is 0 Å². The Kier molecular flexibility index (Phi) is 6.11. The monoisotopic (exact) mass is 431 g/mol. The fourth-order valence-corrected chi connectivity index (χ4v) is 3.87. The lowest BCUT2D eigenvalue weighted by molar-refractivity contribution is 0.0709. The van der Waals surface area contributed by atoms with Gasteiger partial charge in [0, 0.05) is 50.2 Å². The molecular weight excluding hydrogens is 406 g/mol. The number of likely N-dealkylation sites (tertiary alicyclic amines) is 1. The van der Waals surface area contributed by atoms with Gasteiger partial charge in [-0.15, -0.1) is 0 Å². The molecule has 1 aliphatic heterocycles. The van der Waals surface area contributed by atoms with Crippen molar-refractivity contribution in [1.82, 2.24) is 19.4 Å². The number of carbonyl (C=O) groups is 2. The van der Waals surface area contributed by atoms with E-state index in [1.165, 1.54) is 10.6 Å². The van der Waals surface area contributed by atoms with Gasteiger partial charge in [0.05, 0.1) is 16.8 Å². The third-order valence-corrected chi connectivity index (χ3v) is 5.75. The Hall–Kier alpha value is -3.81. The van der Waals surface area contributed by atoms with Crippen molar-refractivity contribution in [3.8, 4) is 0 Å². The molecule has 8 nitrogen and oxygen atoms in total. The first-order valence-electron chi connectivity index (χ1n) is 10.6. The molecule has 32 heavy (non-hydrogen) atoms. The van der Waals surface area contributed by atoms with Gasteiger partial charge in [0.25, 0.3) is 11.8 Å². The van der Waals surface area contributed by atoms with E-state index in [4.69, 9.17) is 0 Å². The summed E-state index contributed by atoms with van der Waals surface area (Å²) in [5, 5.41) is 2.85. The number of nitrogens with one attached hydrogen (secondary N) is 1. The molecule has 1 N–H and O–H groups in total. The highest BCUT2D eigenvalue weighted by Crippen LogP contribution is 2.27. The fourth-order valence-electron chi connectivity index (χ4n) is 3.87. The second kappa shape index (κ2) is 9.13. The molecule has 2 aromatic heterocycles. The third kappa shape index (κ3) is 4.59. The molecule has 8 heteroatoms. The zero-order valence-corrected chi connectivity index (χ0v) is 18.1. The normalized spacial score (nSPS) is 14.2. The number of para-hydroxylation sites is 1. The number of piperidine rings is 1. The van der Waals surface area contributed by atoms with Crippen molar-refractivity contribution in [3.63, 3.8) is 0 Å². The van der Waals surface area contributed by atoms with Gasteiger partial charge in [-0.05, 0) is 38.0 Å². The molecule has 1 saturated heterocycles. The number of hydrogen-bond acceptors (Lipinski definition) is 5. The van der Waals surface area contributed by atoms with Crippen LogP contribution in [-0.2, 0) is 7.05 Å². The molecule has 2 amide bonds. The first kappa shape index (κ1) is 21.4. The van der Waals surface area contributed by atoms with Crippen molar-refractivity contribution >= 4 is 17.5 Å². The van der Waals surface area contributed by atoms with Crippen LogP contribution < -0.4 is 10.9 Å². The average Bonchev–Trinajstić information content (AvgIpc) is 2.81. The second-order valence-electron chi connectivity index (χ2n) is 7.98. The van der Waals surface area contributed by atoms with Crippen molar-refractivity contribution in [1.29, 1.82) is 0 Å². The van der Waals surface area contributed by atoms with E-state index in [-0.39, 0.29) is 23.3 Å². The lowest BCUT2D eigenvalue weighted by atomic mass is 9.95. The minimum absolute atomic E-state index is 0.0796. The summed E-state index contributed by atoms with van der Waals surface area (Å²) in [5.41, 5.74) is 2.16. The van der Waals surface area contributed by atoms with Gasteiger partial charge in [-0.1, -0.05) is 18.2 Å². The number of anilines is 1. The van der Waals surface area contributed by atoms with E-state index in [1.807, 2.05) is 37.3 Å². The number of pyridine rings is 1. The number of nitrogens with zero attached hydrogens (tertiary/aromatic N) is 4. The van der Waals surface area contributed by atoms with Crippen molar-refractivity contribution in [2.24, 2.45) is 7.05 Å². The van der Waals surface area contributed by atoms with E-state index >= 15 is 0 Å². The van der Waals surface area contributed by atoms with E-state index in [2.05, 4.69) is 15.3 Å². The van der Waals surface area contributed by atoms with Gasteiger partial charge in [-0.3, -0.25) is 14.4 Å². The highest BCUT2D eigenvalue weighted by Gasteiger charge is 2.27. The molecule has 164 valence electrons. The Morgan fingerprint density at radius 2 is 1.78 bits per heavy atom. The molecule has 1 aliphatic rings. The zero-order valence-electron chi connectivity index (χ0n) is 18.1. The average molecular weight is 431 g/mol. The van der Waals surface area contributed by atoms with Gasteiger partial charge in [0.15, 0.2) is 0 Å². The number of aromatic nitrogens is 3. The molecular formula is C24H25N5O3. The lowest BCUT2D eigenvalue weighted by Gasteiger charge is -2.31. The predicted octanol–water partition coefficient (Wildman–Crippen LogP) is 2.76. The predicted molar refractivity (Wildman–Crippen MR) is 121 cm³/mol. The van der Waals surface area contributed by atoms with Crippen LogP contribution in [0.3, 0.4) is 0 Å². The summed E-state index contributed by atoms with van der Waals surface area (Å²) in [6, 6.07) is 12.2. The van der Waals surface area contributed by atoms with Crippen molar-refractivity contribution in [2.75, 3.05) is 18.4 Å². The standard InChI is InChI=1S/C24H25N5O3/c1-16-20(23(31)27-19-6-4-3-5-7-19)14-25-22(26-16)17-10-12-29(13-11-17)24(32)18-8-9-21(30)28(2)15-18/h3-9,14-15,17H,10-13H2,1-2H3,(H,27,31). The molecule has 0 aliphatic carbocycles. The molecule has 1 fully saturated rings. The van der Waals surface area contributed by atoms with Crippen LogP contribution in [0.1, 0.15) is 51.0 Å². The third-order valence-electron chi connectivity index (χ3n) is 5.75. The van der Waals surface area contributed by atoms with Crippen LogP contribution >= 0.6 is 0 Å². The molecule has 4 rings (SSSR count). The van der Waals surface area contributed by atoms with Crippen LogP contribution in [0.15, 0.2) is 59.7 Å². The number of carbonyl (C=O) groups excluding carboxylic acids is 2. The van der Waals surface area contributed by atoms with Gasteiger partial charge in [0.1, 0.15) is 5.82 Å². The molecule has 0 saturated carbocycles. The van der Waals surface area contributed by atoms with Crippen LogP contribution in [0.5, 0.6) is 0 Å². The van der Waals surface area contributed by atoms with Gasteiger partial charge in [0.2, 0.25) is 5.56 Å². The summed E-state index contributed by atoms with van der Waals surface area (Å²) in [5.74, 6) is 0.513. The zero-order chi connectivity index (χ0) is 22.7. The summed E-state index contributed by atoms with van der Waals surface area (Å²) in [7, 11) is 1.63. The maximum Gasteiger partial charge on any atom is 0.259 e. The van der Waals surface area contributed by atoms with Crippen LogP contribution in [0, 0.1) is 6.92 Å². The van der Waals surface area contributed by atoms with Crippen molar-refractivity contribution in [3.05, 3.63) is 87.9 Å². The molecule has 0 radical (unpaired) electrons. The Bertz CT molecular complexity index is 1200. The fraction of sp³-hybridized carbons (Fsp3) is 0.292. The van der Waals surface area contributed by atoms with Crippen molar-refractivity contribution in [2.45, 2.75) is 25.7 Å². The van der Waals surface area contributed by atoms with E-state index in [0.29, 0.717) is 35.7 Å².